The number of H-pyrrole nitrogens is 1. The van der Waals surface area contributed by atoms with E-state index in [1.54, 1.807) is 23.0 Å². The molecule has 1 N–H and O–H groups in total. The van der Waals surface area contributed by atoms with Crippen molar-refractivity contribution in [1.82, 2.24) is 24.7 Å². The Bertz CT molecular complexity index is 1680. The molecule has 1 aliphatic rings. The molecule has 1 atom stereocenters. The lowest BCUT2D eigenvalue weighted by atomic mass is 9.77. The number of aryl methyl sites for hydroxylation is 1. The second-order valence-electron chi connectivity index (χ2n) is 9.14. The first-order valence-electron chi connectivity index (χ1n) is 11.9. The SMILES string of the molecule is O=C(OCc1ccccc1)C1(n2cc(-c3nc(I)nc4[nH]ncc34)ccc2=O)CCc2ccccc2C1. The highest BCUT2D eigenvalue weighted by atomic mass is 127. The average molecular weight is 603 g/mol. The molecule has 1 aliphatic carbocycles. The van der Waals surface area contributed by atoms with E-state index < -0.39 is 11.5 Å². The van der Waals surface area contributed by atoms with Crippen LogP contribution in [0.15, 0.2) is 83.9 Å². The molecule has 6 rings (SSSR count). The summed E-state index contributed by atoms with van der Waals surface area (Å²) in [5.74, 6) is -0.421. The molecule has 0 amide bonds. The molecule has 0 spiro atoms. The lowest BCUT2D eigenvalue weighted by molar-refractivity contribution is -0.157. The van der Waals surface area contributed by atoms with Gasteiger partial charge in [0.05, 0.1) is 17.3 Å². The Labute approximate surface area is 225 Å². The molecule has 0 fully saturated rings. The maximum absolute atomic E-state index is 13.9. The number of halogens is 1. The topological polar surface area (TPSA) is 103 Å². The number of benzene rings is 2. The van der Waals surface area contributed by atoms with Crippen LogP contribution in [0.3, 0.4) is 0 Å². The van der Waals surface area contributed by atoms with Crippen LogP contribution in [0.5, 0.6) is 0 Å². The number of fused-ring (bicyclic) bond motifs is 2. The highest BCUT2D eigenvalue weighted by Gasteiger charge is 2.45. The van der Waals surface area contributed by atoms with Gasteiger partial charge < -0.3 is 4.74 Å². The standard InChI is InChI=1S/C28H22IN5O3/c29-27-31-24(22-15-30-33-25(22)32-27)21-10-11-23(35)34(16-21)28(13-12-19-8-4-5-9-20(19)14-28)26(36)37-17-18-6-2-1-3-7-18/h1-11,15-16H,12-14,17H2,(H,30,31,32,33). The number of nitrogens with zero attached hydrogens (tertiary/aromatic N) is 4. The number of aromatic nitrogens is 5. The summed E-state index contributed by atoms with van der Waals surface area (Å²) >= 11 is 2.05. The van der Waals surface area contributed by atoms with Gasteiger partial charge in [-0.25, -0.2) is 14.8 Å². The van der Waals surface area contributed by atoms with Gasteiger partial charge in [-0.05, 0) is 35.6 Å². The highest BCUT2D eigenvalue weighted by molar-refractivity contribution is 14.1. The molecule has 9 heteroatoms. The Morgan fingerprint density at radius 2 is 1.81 bits per heavy atom. The third kappa shape index (κ3) is 4.33. The summed E-state index contributed by atoms with van der Waals surface area (Å²) in [5, 5.41) is 7.72. The van der Waals surface area contributed by atoms with Crippen molar-refractivity contribution >= 4 is 39.6 Å². The minimum atomic E-state index is -1.19. The summed E-state index contributed by atoms with van der Waals surface area (Å²) in [6.07, 6.45) is 4.86. The fraction of sp³-hybridized carbons (Fsp3) is 0.179. The van der Waals surface area contributed by atoms with E-state index in [4.69, 9.17) is 4.74 Å². The van der Waals surface area contributed by atoms with Gasteiger partial charge in [0.15, 0.2) is 9.48 Å². The number of pyridine rings is 1. The van der Waals surface area contributed by atoms with Gasteiger partial charge in [0.2, 0.25) is 0 Å². The van der Waals surface area contributed by atoms with Crippen molar-refractivity contribution in [1.29, 1.82) is 0 Å². The van der Waals surface area contributed by atoms with E-state index in [9.17, 15) is 9.59 Å². The Kier molecular flexibility index (Phi) is 6.07. The summed E-state index contributed by atoms with van der Waals surface area (Å²) in [4.78, 5) is 36.3. The number of rotatable bonds is 5. The molecule has 3 heterocycles. The third-order valence-electron chi connectivity index (χ3n) is 6.93. The highest BCUT2D eigenvalue weighted by Crippen LogP contribution is 2.36. The molecule has 3 aromatic heterocycles. The van der Waals surface area contributed by atoms with E-state index in [2.05, 4.69) is 48.8 Å². The number of carbonyl (C=O) groups excluding carboxylic acids is 1. The van der Waals surface area contributed by atoms with Crippen molar-refractivity contribution < 1.29 is 9.53 Å². The van der Waals surface area contributed by atoms with Crippen LogP contribution in [0.1, 0.15) is 23.1 Å². The van der Waals surface area contributed by atoms with E-state index in [0.29, 0.717) is 40.0 Å². The van der Waals surface area contributed by atoms with Crippen molar-refractivity contribution in [2.75, 3.05) is 0 Å². The van der Waals surface area contributed by atoms with Crippen LogP contribution in [-0.4, -0.2) is 30.7 Å². The first-order chi connectivity index (χ1) is 18.0. The Morgan fingerprint density at radius 1 is 1.03 bits per heavy atom. The molecule has 5 aromatic rings. The van der Waals surface area contributed by atoms with Crippen molar-refractivity contribution in [2.24, 2.45) is 0 Å². The van der Waals surface area contributed by atoms with E-state index in [1.807, 2.05) is 48.5 Å². The normalized spacial score (nSPS) is 16.9. The second kappa shape index (κ2) is 9.55. The molecule has 0 aliphatic heterocycles. The third-order valence-corrected chi connectivity index (χ3v) is 7.41. The van der Waals surface area contributed by atoms with E-state index in [1.165, 1.54) is 11.6 Å². The summed E-state index contributed by atoms with van der Waals surface area (Å²) in [7, 11) is 0. The lowest BCUT2D eigenvalue weighted by Gasteiger charge is -2.37. The molecule has 184 valence electrons. The Morgan fingerprint density at radius 3 is 2.65 bits per heavy atom. The van der Waals surface area contributed by atoms with E-state index in [0.717, 1.165) is 16.5 Å². The minimum absolute atomic E-state index is 0.136. The second-order valence-corrected chi connectivity index (χ2v) is 10.1. The number of hydrogen-bond acceptors (Lipinski definition) is 6. The maximum atomic E-state index is 13.9. The lowest BCUT2D eigenvalue weighted by Crippen LogP contribution is -2.51. The number of aromatic amines is 1. The Hall–Kier alpha value is -3.86. The summed E-state index contributed by atoms with van der Waals surface area (Å²) in [5.41, 5.74) is 3.59. The fourth-order valence-electron chi connectivity index (χ4n) is 5.04. The number of carbonyl (C=O) groups is 1. The van der Waals surface area contributed by atoms with Crippen molar-refractivity contribution in [3.05, 3.63) is 110 Å². The molecule has 1 unspecified atom stereocenters. The summed E-state index contributed by atoms with van der Waals surface area (Å²) in [6.45, 7) is 0.136. The zero-order valence-corrected chi connectivity index (χ0v) is 21.9. The Balaban J connectivity index is 1.47. The van der Waals surface area contributed by atoms with Gasteiger partial charge >= 0.3 is 5.97 Å². The van der Waals surface area contributed by atoms with E-state index in [-0.39, 0.29) is 12.2 Å². The molecule has 0 radical (unpaired) electrons. The molecular weight excluding hydrogens is 581 g/mol. The van der Waals surface area contributed by atoms with Gasteiger partial charge in [-0.3, -0.25) is 14.5 Å². The van der Waals surface area contributed by atoms with E-state index >= 15 is 0 Å². The molecular formula is C28H22IN5O3. The molecule has 0 bridgehead atoms. The van der Waals surface area contributed by atoms with Crippen LogP contribution in [0.4, 0.5) is 0 Å². The van der Waals surface area contributed by atoms with Gasteiger partial charge in [0.1, 0.15) is 12.1 Å². The van der Waals surface area contributed by atoms with Crippen molar-refractivity contribution in [2.45, 2.75) is 31.4 Å². The van der Waals surface area contributed by atoms with Crippen LogP contribution in [0.25, 0.3) is 22.3 Å². The van der Waals surface area contributed by atoms with Crippen LogP contribution < -0.4 is 5.56 Å². The minimum Gasteiger partial charge on any atom is -0.459 e. The number of esters is 1. The molecule has 0 saturated heterocycles. The number of nitrogens with one attached hydrogen (secondary N) is 1. The quantitative estimate of drug-likeness (QED) is 0.182. The van der Waals surface area contributed by atoms with Crippen molar-refractivity contribution in [3.63, 3.8) is 0 Å². The zero-order valence-electron chi connectivity index (χ0n) is 19.7. The van der Waals surface area contributed by atoms with Crippen LogP contribution in [0, 0.1) is 3.83 Å². The first kappa shape index (κ1) is 23.5. The molecule has 2 aromatic carbocycles. The van der Waals surface area contributed by atoms with Gasteiger partial charge in [-0.15, -0.1) is 0 Å². The average Bonchev–Trinajstić information content (AvgIpc) is 3.40. The van der Waals surface area contributed by atoms with Crippen LogP contribution >= 0.6 is 22.6 Å². The summed E-state index contributed by atoms with van der Waals surface area (Å²) in [6, 6.07) is 20.8. The molecule has 37 heavy (non-hydrogen) atoms. The zero-order chi connectivity index (χ0) is 25.4. The van der Waals surface area contributed by atoms with Gasteiger partial charge in [-0.2, -0.15) is 5.10 Å². The van der Waals surface area contributed by atoms with Crippen molar-refractivity contribution in [3.8, 4) is 11.3 Å². The predicted octanol–water partition coefficient (Wildman–Crippen LogP) is 4.41. The van der Waals surface area contributed by atoms with Gasteiger partial charge in [-0.1, -0.05) is 54.6 Å². The van der Waals surface area contributed by atoms with Crippen LogP contribution in [0.2, 0.25) is 0 Å². The fourth-order valence-corrected chi connectivity index (χ4v) is 5.53. The summed E-state index contributed by atoms with van der Waals surface area (Å²) < 4.78 is 7.97. The largest absolute Gasteiger partial charge is 0.459 e. The number of hydrogen-bond donors (Lipinski definition) is 1. The number of ether oxygens (including phenoxy) is 1. The van der Waals surface area contributed by atoms with Gasteiger partial charge in [0.25, 0.3) is 5.56 Å². The first-order valence-corrected chi connectivity index (χ1v) is 13.0. The maximum Gasteiger partial charge on any atom is 0.333 e. The van der Waals surface area contributed by atoms with Gasteiger partial charge in [0, 0.05) is 46.8 Å². The molecule has 0 saturated carbocycles. The smallest absolute Gasteiger partial charge is 0.333 e. The van der Waals surface area contributed by atoms with Crippen LogP contribution in [-0.2, 0) is 34.5 Å². The monoisotopic (exact) mass is 603 g/mol. The predicted molar refractivity (Wildman–Crippen MR) is 147 cm³/mol. The molecule has 8 nitrogen and oxygen atoms in total.